The summed E-state index contributed by atoms with van der Waals surface area (Å²) < 4.78 is 11.1. The Hall–Kier alpha value is -3.02. The van der Waals surface area contributed by atoms with Crippen molar-refractivity contribution >= 4 is 17.5 Å². The number of amides is 2. The van der Waals surface area contributed by atoms with E-state index in [0.717, 1.165) is 17.5 Å². The summed E-state index contributed by atoms with van der Waals surface area (Å²) in [7, 11) is 1.55. The molecule has 0 aliphatic rings. The number of carbonyl (C=O) groups excluding carboxylic acids is 2. The highest BCUT2D eigenvalue weighted by Gasteiger charge is 2.19. The molecule has 6 heteroatoms. The summed E-state index contributed by atoms with van der Waals surface area (Å²) in [6.45, 7) is 8.47. The fourth-order valence-corrected chi connectivity index (χ4v) is 3.15. The van der Waals surface area contributed by atoms with Crippen LogP contribution in [0.15, 0.2) is 42.5 Å². The van der Waals surface area contributed by atoms with Crippen LogP contribution in [0.3, 0.4) is 0 Å². The Labute approximate surface area is 179 Å². The summed E-state index contributed by atoms with van der Waals surface area (Å²) in [5.74, 6) is 1.08. The maximum Gasteiger partial charge on any atom is 0.260 e. The van der Waals surface area contributed by atoms with Gasteiger partial charge in [-0.2, -0.15) is 0 Å². The van der Waals surface area contributed by atoms with E-state index in [9.17, 15) is 9.59 Å². The zero-order valence-electron chi connectivity index (χ0n) is 18.5. The molecule has 2 aromatic rings. The van der Waals surface area contributed by atoms with Crippen LogP contribution in [-0.2, 0) is 9.59 Å². The molecular weight excluding hydrogens is 380 g/mol. The van der Waals surface area contributed by atoms with E-state index in [4.69, 9.17) is 9.47 Å². The molecular formula is C24H32N2O4. The second-order valence-electron chi connectivity index (χ2n) is 7.55. The minimum atomic E-state index is -0.278. The maximum absolute atomic E-state index is 12.8. The molecule has 0 fully saturated rings. The van der Waals surface area contributed by atoms with Crippen molar-refractivity contribution < 1.29 is 19.1 Å². The van der Waals surface area contributed by atoms with E-state index in [0.29, 0.717) is 23.7 Å². The molecule has 0 atom stereocenters. The standard InChI is InChI=1S/C24H32N2O4/c1-6-13-26(15-23(27)25-20-9-7-8-10-21(20)29-5)24(28)16-30-22-14-18(4)11-12-19(22)17(2)3/h7-12,14,17H,6,13,15-16H2,1-5H3,(H,25,27). The van der Waals surface area contributed by atoms with Gasteiger partial charge in [0.15, 0.2) is 6.61 Å². The summed E-state index contributed by atoms with van der Waals surface area (Å²) in [5, 5.41) is 2.81. The van der Waals surface area contributed by atoms with E-state index in [-0.39, 0.29) is 30.9 Å². The number of rotatable bonds is 10. The van der Waals surface area contributed by atoms with E-state index >= 15 is 0 Å². The molecule has 0 aromatic heterocycles. The Balaban J connectivity index is 2.02. The molecule has 30 heavy (non-hydrogen) atoms. The molecule has 0 saturated heterocycles. The maximum atomic E-state index is 12.8. The van der Waals surface area contributed by atoms with E-state index in [1.165, 1.54) is 4.90 Å². The number of carbonyl (C=O) groups is 2. The van der Waals surface area contributed by atoms with Crippen LogP contribution >= 0.6 is 0 Å². The minimum absolute atomic E-state index is 0.0427. The average Bonchev–Trinajstić information content (AvgIpc) is 2.71. The molecule has 0 saturated carbocycles. The van der Waals surface area contributed by atoms with Gasteiger partial charge in [0.25, 0.3) is 5.91 Å². The number of para-hydroxylation sites is 2. The van der Waals surface area contributed by atoms with Crippen molar-refractivity contribution in [2.75, 3.05) is 32.1 Å². The number of anilines is 1. The molecule has 0 heterocycles. The summed E-state index contributed by atoms with van der Waals surface area (Å²) in [6.07, 6.45) is 0.745. The molecule has 1 N–H and O–H groups in total. The van der Waals surface area contributed by atoms with Crippen LogP contribution in [0.1, 0.15) is 44.2 Å². The molecule has 6 nitrogen and oxygen atoms in total. The molecule has 2 amide bonds. The van der Waals surface area contributed by atoms with Gasteiger partial charge in [0, 0.05) is 6.54 Å². The first kappa shape index (κ1) is 23.3. The van der Waals surface area contributed by atoms with E-state index in [2.05, 4.69) is 19.2 Å². The van der Waals surface area contributed by atoms with Gasteiger partial charge in [0.1, 0.15) is 11.5 Å². The van der Waals surface area contributed by atoms with Crippen molar-refractivity contribution in [2.45, 2.75) is 40.0 Å². The average molecular weight is 413 g/mol. The van der Waals surface area contributed by atoms with Gasteiger partial charge in [-0.1, -0.05) is 45.0 Å². The molecule has 162 valence electrons. The lowest BCUT2D eigenvalue weighted by Crippen LogP contribution is -2.41. The number of aryl methyl sites for hydroxylation is 1. The monoisotopic (exact) mass is 412 g/mol. The Kier molecular flexibility index (Phi) is 8.71. The van der Waals surface area contributed by atoms with E-state index in [1.807, 2.05) is 44.2 Å². The SMILES string of the molecule is CCCN(CC(=O)Nc1ccccc1OC)C(=O)COc1cc(C)ccc1C(C)C. The van der Waals surface area contributed by atoms with Crippen molar-refractivity contribution in [1.29, 1.82) is 0 Å². The molecule has 0 unspecified atom stereocenters. The first-order valence-corrected chi connectivity index (χ1v) is 10.3. The van der Waals surface area contributed by atoms with Crippen LogP contribution in [0.25, 0.3) is 0 Å². The summed E-state index contributed by atoms with van der Waals surface area (Å²) in [4.78, 5) is 26.8. The lowest BCUT2D eigenvalue weighted by Gasteiger charge is -2.23. The van der Waals surface area contributed by atoms with Gasteiger partial charge in [-0.05, 0) is 48.6 Å². The summed E-state index contributed by atoms with van der Waals surface area (Å²) in [6, 6.07) is 13.2. The normalized spacial score (nSPS) is 10.6. The smallest absolute Gasteiger partial charge is 0.260 e. The molecule has 0 spiro atoms. The van der Waals surface area contributed by atoms with Gasteiger partial charge in [-0.3, -0.25) is 9.59 Å². The predicted molar refractivity (Wildman–Crippen MR) is 119 cm³/mol. The second kappa shape index (κ2) is 11.2. The van der Waals surface area contributed by atoms with Crippen molar-refractivity contribution in [3.63, 3.8) is 0 Å². The third-order valence-electron chi connectivity index (χ3n) is 4.70. The Morgan fingerprint density at radius 3 is 2.50 bits per heavy atom. The zero-order valence-corrected chi connectivity index (χ0v) is 18.5. The lowest BCUT2D eigenvalue weighted by molar-refractivity contribution is -0.136. The number of hydrogen-bond acceptors (Lipinski definition) is 4. The van der Waals surface area contributed by atoms with E-state index < -0.39 is 0 Å². The van der Waals surface area contributed by atoms with Crippen LogP contribution in [0, 0.1) is 6.92 Å². The number of ether oxygens (including phenoxy) is 2. The predicted octanol–water partition coefficient (Wildman–Crippen LogP) is 4.38. The number of hydrogen-bond donors (Lipinski definition) is 1. The van der Waals surface area contributed by atoms with Crippen LogP contribution in [0.4, 0.5) is 5.69 Å². The van der Waals surface area contributed by atoms with Crippen LogP contribution < -0.4 is 14.8 Å². The molecule has 0 aliphatic heterocycles. The Morgan fingerprint density at radius 2 is 1.83 bits per heavy atom. The number of methoxy groups -OCH3 is 1. The van der Waals surface area contributed by atoms with Gasteiger partial charge in [0.05, 0.1) is 19.3 Å². The number of nitrogens with zero attached hydrogens (tertiary/aromatic N) is 1. The fourth-order valence-electron chi connectivity index (χ4n) is 3.15. The molecule has 0 bridgehead atoms. The topological polar surface area (TPSA) is 67.9 Å². The largest absolute Gasteiger partial charge is 0.495 e. The van der Waals surface area contributed by atoms with Crippen LogP contribution in [-0.4, -0.2) is 43.5 Å². The fraction of sp³-hybridized carbons (Fsp3) is 0.417. The second-order valence-corrected chi connectivity index (χ2v) is 7.55. The van der Waals surface area contributed by atoms with Gasteiger partial charge in [-0.25, -0.2) is 0 Å². The van der Waals surface area contributed by atoms with Gasteiger partial charge < -0.3 is 19.7 Å². The van der Waals surface area contributed by atoms with Crippen molar-refractivity contribution in [1.82, 2.24) is 4.90 Å². The molecule has 0 radical (unpaired) electrons. The first-order chi connectivity index (χ1) is 14.3. The minimum Gasteiger partial charge on any atom is -0.495 e. The zero-order chi connectivity index (χ0) is 22.1. The highest BCUT2D eigenvalue weighted by Crippen LogP contribution is 2.27. The van der Waals surface area contributed by atoms with Crippen molar-refractivity contribution in [2.24, 2.45) is 0 Å². The molecule has 0 aliphatic carbocycles. The highest BCUT2D eigenvalue weighted by molar-refractivity contribution is 5.95. The molecule has 2 aromatic carbocycles. The van der Waals surface area contributed by atoms with Gasteiger partial charge in [-0.15, -0.1) is 0 Å². The lowest BCUT2D eigenvalue weighted by atomic mass is 10.0. The summed E-state index contributed by atoms with van der Waals surface area (Å²) in [5.41, 5.74) is 2.71. The first-order valence-electron chi connectivity index (χ1n) is 10.3. The highest BCUT2D eigenvalue weighted by atomic mass is 16.5. The third kappa shape index (κ3) is 6.51. The van der Waals surface area contributed by atoms with Crippen LogP contribution in [0.2, 0.25) is 0 Å². The van der Waals surface area contributed by atoms with Crippen molar-refractivity contribution in [3.8, 4) is 11.5 Å². The van der Waals surface area contributed by atoms with Crippen LogP contribution in [0.5, 0.6) is 11.5 Å². The van der Waals surface area contributed by atoms with E-state index in [1.54, 1.807) is 19.2 Å². The van der Waals surface area contributed by atoms with Gasteiger partial charge >= 0.3 is 0 Å². The Morgan fingerprint density at radius 1 is 1.10 bits per heavy atom. The quantitative estimate of drug-likeness (QED) is 0.629. The van der Waals surface area contributed by atoms with Gasteiger partial charge in [0.2, 0.25) is 5.91 Å². The number of benzene rings is 2. The third-order valence-corrected chi connectivity index (χ3v) is 4.70. The summed E-state index contributed by atoms with van der Waals surface area (Å²) >= 11 is 0. The van der Waals surface area contributed by atoms with Crippen molar-refractivity contribution in [3.05, 3.63) is 53.6 Å². The molecule has 2 rings (SSSR count). The Bertz CT molecular complexity index is 864. The number of nitrogens with one attached hydrogen (secondary N) is 1.